The van der Waals surface area contributed by atoms with Crippen molar-refractivity contribution in [1.29, 1.82) is 0 Å². The fraction of sp³-hybridized carbons (Fsp3) is 0.200. The average Bonchev–Trinajstić information content (AvgIpc) is 2.17. The molecule has 8 nitrogen and oxygen atoms in total. The Labute approximate surface area is 78.2 Å². The second-order valence-electron chi connectivity index (χ2n) is 1.65. The first kappa shape index (κ1) is 11.9. The van der Waals surface area contributed by atoms with Crippen molar-refractivity contribution in [2.45, 2.75) is 0 Å². The molecule has 0 saturated carbocycles. The fourth-order valence-corrected chi connectivity index (χ4v) is 0.397. The molecular weight excluding hydrogens is 199 g/mol. The van der Waals surface area contributed by atoms with E-state index in [1.54, 1.807) is 0 Å². The van der Waals surface area contributed by atoms with Gasteiger partial charge < -0.3 is 18.7 Å². The van der Waals surface area contributed by atoms with Crippen molar-refractivity contribution >= 4 is 32.2 Å². The van der Waals surface area contributed by atoms with Crippen molar-refractivity contribution in [1.82, 2.24) is 0 Å². The number of hydrogen-bond donors (Lipinski definition) is 0. The van der Waals surface area contributed by atoms with Crippen molar-refractivity contribution in [3.8, 4) is 0 Å². The summed E-state index contributed by atoms with van der Waals surface area (Å²) < 4.78 is 16.0. The van der Waals surface area contributed by atoms with Crippen molar-refractivity contribution in [3.05, 3.63) is 0 Å². The summed E-state index contributed by atoms with van der Waals surface area (Å²) in [5.41, 5.74) is 0. The van der Waals surface area contributed by atoms with Crippen LogP contribution < -0.4 is 0 Å². The first-order chi connectivity index (χ1) is 6.65. The molecular formula is C5H5BO8. The molecule has 0 unspecified atom stereocenters. The molecule has 0 aromatic carbocycles. The van der Waals surface area contributed by atoms with Crippen LogP contribution in [0.25, 0.3) is 0 Å². The maximum absolute atomic E-state index is 10.6. The van der Waals surface area contributed by atoms with Gasteiger partial charge in [-0.15, -0.1) is 0 Å². The van der Waals surface area contributed by atoms with E-state index in [1.165, 1.54) is 0 Å². The summed E-state index contributed by atoms with van der Waals surface area (Å²) in [6.45, 7) is -0.253. The van der Waals surface area contributed by atoms with E-state index in [2.05, 4.69) is 18.7 Å². The molecule has 0 bridgehead atoms. The highest BCUT2D eigenvalue weighted by Gasteiger charge is 2.34. The van der Waals surface area contributed by atoms with E-state index in [0.29, 0.717) is 0 Å². The number of ether oxygens (including phenoxy) is 1. The average molecular weight is 204 g/mol. The highest BCUT2D eigenvalue weighted by molar-refractivity contribution is 6.47. The van der Waals surface area contributed by atoms with E-state index in [9.17, 15) is 19.2 Å². The predicted molar refractivity (Wildman–Crippen MR) is 38.2 cm³/mol. The SMILES string of the molecule is COC(=O)C(=O)OB(OC=O)OC=O. The Morgan fingerprint density at radius 3 is 1.93 bits per heavy atom. The highest BCUT2D eigenvalue weighted by Crippen LogP contribution is 1.91. The summed E-state index contributed by atoms with van der Waals surface area (Å²) in [6.07, 6.45) is 0. The minimum atomic E-state index is -1.89. The first-order valence-corrected chi connectivity index (χ1v) is 3.12. The molecule has 0 rings (SSSR count). The van der Waals surface area contributed by atoms with Crippen LogP contribution in [0, 0.1) is 0 Å². The molecule has 0 aliphatic heterocycles. The molecule has 0 aliphatic carbocycles. The van der Waals surface area contributed by atoms with Gasteiger partial charge in [0.15, 0.2) is 0 Å². The van der Waals surface area contributed by atoms with Gasteiger partial charge in [-0.05, 0) is 0 Å². The minimum Gasteiger partial charge on any atom is -0.464 e. The van der Waals surface area contributed by atoms with E-state index < -0.39 is 19.3 Å². The standard InChI is InChI=1S/C5H5BO8/c1-11-4(9)5(10)14-6(12-2-7)13-3-8/h2-3H,1H3. The summed E-state index contributed by atoms with van der Waals surface area (Å²) in [4.78, 5) is 40.7. The summed E-state index contributed by atoms with van der Waals surface area (Å²) in [5, 5.41) is 0. The third-order valence-corrected chi connectivity index (χ3v) is 0.889. The van der Waals surface area contributed by atoms with Crippen LogP contribution in [0.1, 0.15) is 0 Å². The Morgan fingerprint density at radius 1 is 1.07 bits per heavy atom. The topological polar surface area (TPSA) is 105 Å². The number of rotatable bonds is 5. The normalized spacial score (nSPS) is 8.07. The minimum absolute atomic E-state index is 0.126. The third-order valence-electron chi connectivity index (χ3n) is 0.889. The molecule has 0 amide bonds. The Kier molecular flexibility index (Phi) is 5.51. The number of carbonyl (C=O) groups excluding carboxylic acids is 4. The molecule has 76 valence electrons. The van der Waals surface area contributed by atoms with Crippen molar-refractivity contribution in [2.24, 2.45) is 0 Å². The third kappa shape index (κ3) is 4.09. The zero-order valence-electron chi connectivity index (χ0n) is 7.00. The Hall–Kier alpha value is -2.06. The maximum Gasteiger partial charge on any atom is 0.870 e. The summed E-state index contributed by atoms with van der Waals surface area (Å²) in [6, 6.07) is 0. The lowest BCUT2D eigenvalue weighted by molar-refractivity contribution is -0.162. The molecule has 9 heteroatoms. The van der Waals surface area contributed by atoms with Crippen LogP contribution in [0.3, 0.4) is 0 Å². The molecule has 14 heavy (non-hydrogen) atoms. The lowest BCUT2D eigenvalue weighted by Gasteiger charge is -2.05. The predicted octanol–water partition coefficient (Wildman–Crippen LogP) is -1.97. The quantitative estimate of drug-likeness (QED) is 0.220. The first-order valence-electron chi connectivity index (χ1n) is 3.12. The Bertz CT molecular complexity index is 228. The molecule has 0 atom stereocenters. The zero-order chi connectivity index (χ0) is 11.0. The van der Waals surface area contributed by atoms with Crippen LogP contribution in [0.15, 0.2) is 0 Å². The monoisotopic (exact) mass is 204 g/mol. The summed E-state index contributed by atoms with van der Waals surface area (Å²) in [5.74, 6) is -2.78. The summed E-state index contributed by atoms with van der Waals surface area (Å²) >= 11 is 0. The van der Waals surface area contributed by atoms with Crippen molar-refractivity contribution in [2.75, 3.05) is 7.11 Å². The van der Waals surface area contributed by atoms with E-state index >= 15 is 0 Å². The van der Waals surface area contributed by atoms with E-state index in [4.69, 9.17) is 0 Å². The summed E-state index contributed by atoms with van der Waals surface area (Å²) in [7, 11) is -0.948. The smallest absolute Gasteiger partial charge is 0.464 e. The van der Waals surface area contributed by atoms with Gasteiger partial charge in [0, 0.05) is 0 Å². The molecule has 0 N–H and O–H groups in total. The van der Waals surface area contributed by atoms with E-state index in [-0.39, 0.29) is 12.9 Å². The van der Waals surface area contributed by atoms with Gasteiger partial charge in [-0.1, -0.05) is 0 Å². The molecule has 0 spiro atoms. The molecule has 0 radical (unpaired) electrons. The van der Waals surface area contributed by atoms with Gasteiger partial charge in [0.25, 0.3) is 12.9 Å². The van der Waals surface area contributed by atoms with Gasteiger partial charge in [0.05, 0.1) is 7.11 Å². The second kappa shape index (κ2) is 6.46. The van der Waals surface area contributed by atoms with Gasteiger partial charge in [0.1, 0.15) is 0 Å². The van der Waals surface area contributed by atoms with Crippen LogP contribution in [0.5, 0.6) is 0 Å². The molecule has 0 saturated heterocycles. The van der Waals surface area contributed by atoms with Crippen LogP contribution in [0.4, 0.5) is 0 Å². The van der Waals surface area contributed by atoms with Gasteiger partial charge >= 0.3 is 19.3 Å². The van der Waals surface area contributed by atoms with Crippen LogP contribution in [-0.4, -0.2) is 39.3 Å². The maximum atomic E-state index is 10.6. The van der Waals surface area contributed by atoms with Crippen LogP contribution in [0.2, 0.25) is 0 Å². The fourth-order valence-electron chi connectivity index (χ4n) is 0.397. The largest absolute Gasteiger partial charge is 0.870 e. The highest BCUT2D eigenvalue weighted by atomic mass is 16.8. The van der Waals surface area contributed by atoms with Gasteiger partial charge in [0.2, 0.25) is 0 Å². The Balaban J connectivity index is 4.13. The second-order valence-corrected chi connectivity index (χ2v) is 1.65. The van der Waals surface area contributed by atoms with Gasteiger partial charge in [-0.2, -0.15) is 0 Å². The molecule has 0 aliphatic rings. The zero-order valence-corrected chi connectivity index (χ0v) is 7.00. The lowest BCUT2D eigenvalue weighted by Crippen LogP contribution is -2.33. The number of hydrogen-bond acceptors (Lipinski definition) is 8. The molecule has 0 aromatic rings. The van der Waals surface area contributed by atoms with Crippen LogP contribution in [-0.2, 0) is 37.9 Å². The van der Waals surface area contributed by atoms with E-state index in [0.717, 1.165) is 7.11 Å². The number of methoxy groups -OCH3 is 1. The molecule has 0 fully saturated rings. The number of esters is 1. The lowest BCUT2D eigenvalue weighted by atomic mass is 10.2. The van der Waals surface area contributed by atoms with Crippen molar-refractivity contribution in [3.63, 3.8) is 0 Å². The molecule has 0 aromatic heterocycles. The Morgan fingerprint density at radius 2 is 1.57 bits per heavy atom. The van der Waals surface area contributed by atoms with E-state index in [1.807, 2.05) is 0 Å². The van der Waals surface area contributed by atoms with Crippen LogP contribution >= 0.6 is 0 Å². The van der Waals surface area contributed by atoms with Gasteiger partial charge in [-0.25, -0.2) is 9.59 Å². The molecule has 0 heterocycles. The van der Waals surface area contributed by atoms with Crippen molar-refractivity contribution < 1.29 is 37.9 Å². The number of carbonyl (C=O) groups is 4. The van der Waals surface area contributed by atoms with Gasteiger partial charge in [-0.3, -0.25) is 9.59 Å².